The summed E-state index contributed by atoms with van der Waals surface area (Å²) in [6, 6.07) is 18.0. The second kappa shape index (κ2) is 5.95. The molecule has 0 radical (unpaired) electrons. The molecule has 3 heterocycles. The van der Waals surface area contributed by atoms with Gasteiger partial charge in [0.05, 0.1) is 29.2 Å². The Kier molecular flexibility index (Phi) is 3.43. The Balaban J connectivity index is 1.76. The maximum Gasteiger partial charge on any atom is 0.159 e. The van der Waals surface area contributed by atoms with Crippen molar-refractivity contribution in [2.45, 2.75) is 0 Å². The maximum atomic E-state index is 14.4. The van der Waals surface area contributed by atoms with Gasteiger partial charge in [0.25, 0.3) is 0 Å². The summed E-state index contributed by atoms with van der Waals surface area (Å²) < 4.78 is 21.5. The molecule has 0 atom stereocenters. The van der Waals surface area contributed by atoms with Crippen LogP contribution in [0.5, 0.6) is 5.75 Å². The maximum absolute atomic E-state index is 14.4. The lowest BCUT2D eigenvalue weighted by molar-refractivity contribution is 0.415. The first kappa shape index (κ1) is 15.6. The van der Waals surface area contributed by atoms with Crippen LogP contribution in [-0.4, -0.2) is 26.5 Å². The van der Waals surface area contributed by atoms with Crippen molar-refractivity contribution in [3.05, 3.63) is 72.7 Å². The number of rotatable bonds is 3. The Morgan fingerprint density at radius 3 is 2.70 bits per heavy atom. The predicted molar refractivity (Wildman–Crippen MR) is 102 cm³/mol. The molecule has 0 aliphatic rings. The molecule has 0 saturated heterocycles. The SMILES string of the molecule is COc1ccc2nc(-c3nc(-c4ccccc4F)n4ccccc34)[nH]c2c1. The van der Waals surface area contributed by atoms with Crippen molar-refractivity contribution in [2.75, 3.05) is 7.11 Å². The van der Waals surface area contributed by atoms with E-state index in [4.69, 9.17) is 9.72 Å². The number of benzene rings is 2. The Morgan fingerprint density at radius 1 is 1.00 bits per heavy atom. The van der Waals surface area contributed by atoms with Crippen LogP contribution in [0.2, 0.25) is 0 Å². The molecule has 0 unspecified atom stereocenters. The molecule has 5 rings (SSSR count). The average molecular weight is 358 g/mol. The van der Waals surface area contributed by atoms with Gasteiger partial charge in [-0.15, -0.1) is 0 Å². The zero-order valence-electron chi connectivity index (χ0n) is 14.5. The van der Waals surface area contributed by atoms with Crippen molar-refractivity contribution in [3.8, 4) is 28.7 Å². The highest BCUT2D eigenvalue weighted by atomic mass is 19.1. The monoisotopic (exact) mass is 358 g/mol. The zero-order valence-corrected chi connectivity index (χ0v) is 14.5. The van der Waals surface area contributed by atoms with Gasteiger partial charge in [0.2, 0.25) is 0 Å². The summed E-state index contributed by atoms with van der Waals surface area (Å²) in [6.07, 6.45) is 1.87. The number of nitrogens with one attached hydrogen (secondary N) is 1. The molecule has 0 aliphatic heterocycles. The minimum atomic E-state index is -0.311. The Hall–Kier alpha value is -3.67. The normalized spacial score (nSPS) is 11.3. The molecular formula is C21H15FN4O. The van der Waals surface area contributed by atoms with Gasteiger partial charge >= 0.3 is 0 Å². The van der Waals surface area contributed by atoms with Gasteiger partial charge in [-0.05, 0) is 36.4 Å². The van der Waals surface area contributed by atoms with Gasteiger partial charge in [-0.3, -0.25) is 4.40 Å². The smallest absolute Gasteiger partial charge is 0.159 e. The molecule has 132 valence electrons. The van der Waals surface area contributed by atoms with Crippen molar-refractivity contribution < 1.29 is 9.13 Å². The van der Waals surface area contributed by atoms with Crippen LogP contribution in [0, 0.1) is 5.82 Å². The summed E-state index contributed by atoms with van der Waals surface area (Å²) >= 11 is 0. The predicted octanol–water partition coefficient (Wildman–Crippen LogP) is 4.69. The van der Waals surface area contributed by atoms with Gasteiger partial charge < -0.3 is 9.72 Å². The third kappa shape index (κ3) is 2.45. The highest BCUT2D eigenvalue weighted by Gasteiger charge is 2.18. The summed E-state index contributed by atoms with van der Waals surface area (Å²) in [4.78, 5) is 12.7. The molecule has 2 aromatic carbocycles. The second-order valence-corrected chi connectivity index (χ2v) is 6.19. The number of aromatic nitrogens is 4. The first-order valence-electron chi connectivity index (χ1n) is 8.51. The lowest BCUT2D eigenvalue weighted by Crippen LogP contribution is -1.91. The van der Waals surface area contributed by atoms with Gasteiger partial charge in [0.15, 0.2) is 5.82 Å². The molecule has 3 aromatic heterocycles. The number of methoxy groups -OCH3 is 1. The third-order valence-electron chi connectivity index (χ3n) is 4.58. The number of fused-ring (bicyclic) bond motifs is 2. The van der Waals surface area contributed by atoms with Crippen LogP contribution in [0.1, 0.15) is 0 Å². The molecule has 0 bridgehead atoms. The van der Waals surface area contributed by atoms with Crippen molar-refractivity contribution in [1.82, 2.24) is 19.4 Å². The van der Waals surface area contributed by atoms with E-state index in [0.29, 0.717) is 22.9 Å². The summed E-state index contributed by atoms with van der Waals surface area (Å²) in [7, 11) is 1.63. The molecule has 0 saturated carbocycles. The lowest BCUT2D eigenvalue weighted by atomic mass is 10.2. The first-order chi connectivity index (χ1) is 13.2. The topological polar surface area (TPSA) is 55.2 Å². The zero-order chi connectivity index (χ0) is 18.4. The Labute approximate surface area is 154 Å². The van der Waals surface area contributed by atoms with Crippen LogP contribution in [-0.2, 0) is 0 Å². The van der Waals surface area contributed by atoms with Crippen molar-refractivity contribution >= 4 is 16.6 Å². The molecule has 0 spiro atoms. The molecular weight excluding hydrogens is 343 g/mol. The standard InChI is InChI=1S/C21H15FN4O/c1-27-13-9-10-16-17(12-13)24-20(23-16)19-18-8-4-5-11-26(18)21(25-19)14-6-2-3-7-15(14)22/h2-12H,1H3,(H,23,24). The number of imidazole rings is 2. The fraction of sp³-hybridized carbons (Fsp3) is 0.0476. The average Bonchev–Trinajstić information content (AvgIpc) is 3.29. The summed E-state index contributed by atoms with van der Waals surface area (Å²) in [5, 5.41) is 0. The van der Waals surface area contributed by atoms with Crippen molar-refractivity contribution in [1.29, 1.82) is 0 Å². The molecule has 0 fully saturated rings. The molecule has 5 aromatic rings. The van der Waals surface area contributed by atoms with E-state index in [1.165, 1.54) is 6.07 Å². The van der Waals surface area contributed by atoms with E-state index in [2.05, 4.69) is 9.97 Å². The number of pyridine rings is 1. The summed E-state index contributed by atoms with van der Waals surface area (Å²) in [6.45, 7) is 0. The molecule has 1 N–H and O–H groups in total. The Bertz CT molecular complexity index is 1290. The molecule has 5 nitrogen and oxygen atoms in total. The highest BCUT2D eigenvalue weighted by Crippen LogP contribution is 2.31. The minimum absolute atomic E-state index is 0.311. The van der Waals surface area contributed by atoms with Crippen LogP contribution in [0.4, 0.5) is 4.39 Å². The van der Waals surface area contributed by atoms with Crippen molar-refractivity contribution in [3.63, 3.8) is 0 Å². The summed E-state index contributed by atoms with van der Waals surface area (Å²) in [5.41, 5.74) is 3.64. The molecule has 6 heteroatoms. The van der Waals surface area contributed by atoms with Crippen LogP contribution in [0.25, 0.3) is 39.5 Å². The van der Waals surface area contributed by atoms with Gasteiger partial charge in [0.1, 0.15) is 23.1 Å². The summed E-state index contributed by atoms with van der Waals surface area (Å²) in [5.74, 6) is 1.61. The van der Waals surface area contributed by atoms with E-state index in [9.17, 15) is 4.39 Å². The fourth-order valence-electron chi connectivity index (χ4n) is 3.27. The number of nitrogens with zero attached hydrogens (tertiary/aromatic N) is 3. The molecule has 27 heavy (non-hydrogen) atoms. The molecule has 0 aliphatic carbocycles. The minimum Gasteiger partial charge on any atom is -0.497 e. The molecule has 0 amide bonds. The van der Waals surface area contributed by atoms with Crippen LogP contribution in [0.3, 0.4) is 0 Å². The number of halogens is 1. The number of ether oxygens (including phenoxy) is 1. The third-order valence-corrected chi connectivity index (χ3v) is 4.58. The van der Waals surface area contributed by atoms with E-state index in [1.807, 2.05) is 47.0 Å². The van der Waals surface area contributed by atoms with Crippen molar-refractivity contribution in [2.24, 2.45) is 0 Å². The highest BCUT2D eigenvalue weighted by molar-refractivity contribution is 5.85. The number of H-pyrrole nitrogens is 1. The van der Waals surface area contributed by atoms with Gasteiger partial charge in [0, 0.05) is 12.3 Å². The number of hydrogen-bond acceptors (Lipinski definition) is 3. The van der Waals surface area contributed by atoms with E-state index in [0.717, 1.165) is 22.3 Å². The quantitative estimate of drug-likeness (QED) is 0.509. The van der Waals surface area contributed by atoms with E-state index in [-0.39, 0.29) is 5.82 Å². The number of aromatic amines is 1. The largest absolute Gasteiger partial charge is 0.497 e. The van der Waals surface area contributed by atoms with Gasteiger partial charge in [-0.1, -0.05) is 18.2 Å². The Morgan fingerprint density at radius 2 is 1.85 bits per heavy atom. The van der Waals surface area contributed by atoms with E-state index < -0.39 is 0 Å². The van der Waals surface area contributed by atoms with Crippen LogP contribution >= 0.6 is 0 Å². The fourth-order valence-corrected chi connectivity index (χ4v) is 3.27. The lowest BCUT2D eigenvalue weighted by Gasteiger charge is -2.01. The van der Waals surface area contributed by atoms with Crippen LogP contribution in [0.15, 0.2) is 66.9 Å². The van der Waals surface area contributed by atoms with E-state index in [1.54, 1.807) is 25.3 Å². The van der Waals surface area contributed by atoms with Crippen LogP contribution < -0.4 is 4.74 Å². The number of hydrogen-bond donors (Lipinski definition) is 1. The van der Waals surface area contributed by atoms with Gasteiger partial charge in [-0.2, -0.15) is 0 Å². The van der Waals surface area contributed by atoms with E-state index >= 15 is 0 Å². The first-order valence-corrected chi connectivity index (χ1v) is 8.51. The second-order valence-electron chi connectivity index (χ2n) is 6.19. The van der Waals surface area contributed by atoms with Gasteiger partial charge in [-0.25, -0.2) is 14.4 Å².